The van der Waals surface area contributed by atoms with Gasteiger partial charge in [-0.1, -0.05) is 12.1 Å². The van der Waals surface area contributed by atoms with E-state index in [4.69, 9.17) is 0 Å². The molecule has 2 aromatic rings. The smallest absolute Gasteiger partial charge is 0.240 e. The zero-order valence-electron chi connectivity index (χ0n) is 17.2. The monoisotopic (exact) mass is 433 g/mol. The number of halogens is 1. The van der Waals surface area contributed by atoms with Crippen LogP contribution in [0.25, 0.3) is 0 Å². The summed E-state index contributed by atoms with van der Waals surface area (Å²) in [5.74, 6) is -1.21. The number of nitrogens with zero attached hydrogens (tertiary/aromatic N) is 1. The molecule has 1 amide bonds. The second-order valence-corrected chi connectivity index (χ2v) is 9.31. The van der Waals surface area contributed by atoms with Crippen molar-refractivity contribution in [3.63, 3.8) is 0 Å². The van der Waals surface area contributed by atoms with Crippen molar-refractivity contribution in [2.75, 3.05) is 29.9 Å². The van der Waals surface area contributed by atoms with E-state index >= 15 is 0 Å². The van der Waals surface area contributed by atoms with E-state index in [0.717, 1.165) is 31.1 Å². The van der Waals surface area contributed by atoms with E-state index in [1.807, 2.05) is 0 Å². The number of anilines is 2. The molecule has 0 spiro atoms. The largest absolute Gasteiger partial charge is 0.372 e. The molecule has 1 aliphatic heterocycles. The molecule has 2 N–H and O–H groups in total. The molecule has 8 heteroatoms. The van der Waals surface area contributed by atoms with Gasteiger partial charge >= 0.3 is 0 Å². The number of hydrogen-bond donors (Lipinski definition) is 2. The van der Waals surface area contributed by atoms with Crippen molar-refractivity contribution in [3.05, 3.63) is 53.8 Å². The highest BCUT2D eigenvalue weighted by Crippen LogP contribution is 2.21. The standard InChI is InChI=1S/C22H28FN3O3S/c1-17(27)25-22-12-11-20(16-21(22)23)30(28,29)24-13-5-6-18-7-9-19(10-8-18)26-14-3-2-4-15-26/h7-12,16,24H,2-6,13-15H2,1H3,(H,25,27). The topological polar surface area (TPSA) is 78.5 Å². The van der Waals surface area contributed by atoms with Gasteiger partial charge in [0.05, 0.1) is 10.6 Å². The molecule has 0 aliphatic carbocycles. The van der Waals surface area contributed by atoms with Gasteiger partial charge in [0, 0.05) is 32.2 Å². The average Bonchev–Trinajstić information content (AvgIpc) is 2.73. The number of aryl methyl sites for hydroxylation is 1. The fourth-order valence-corrected chi connectivity index (χ4v) is 4.65. The molecule has 0 atom stereocenters. The summed E-state index contributed by atoms with van der Waals surface area (Å²) < 4.78 is 41.3. The lowest BCUT2D eigenvalue weighted by Gasteiger charge is -2.28. The zero-order chi connectivity index (χ0) is 21.6. The Kier molecular flexibility index (Phi) is 7.44. The van der Waals surface area contributed by atoms with Crippen LogP contribution in [0.4, 0.5) is 15.8 Å². The first kappa shape index (κ1) is 22.2. The van der Waals surface area contributed by atoms with Gasteiger partial charge in [-0.05, 0) is 68.0 Å². The van der Waals surface area contributed by atoms with Gasteiger partial charge < -0.3 is 10.2 Å². The lowest BCUT2D eigenvalue weighted by Crippen LogP contribution is -2.29. The molecule has 30 heavy (non-hydrogen) atoms. The van der Waals surface area contributed by atoms with Crippen molar-refractivity contribution < 1.29 is 17.6 Å². The van der Waals surface area contributed by atoms with E-state index in [-0.39, 0.29) is 17.1 Å². The first-order valence-corrected chi connectivity index (χ1v) is 11.7. The summed E-state index contributed by atoms with van der Waals surface area (Å²) in [6, 6.07) is 11.9. The molecule has 0 radical (unpaired) electrons. The van der Waals surface area contributed by atoms with Crippen LogP contribution in [-0.4, -0.2) is 34.0 Å². The highest BCUT2D eigenvalue weighted by molar-refractivity contribution is 7.89. The van der Waals surface area contributed by atoms with Gasteiger partial charge in [-0.2, -0.15) is 0 Å². The first-order valence-electron chi connectivity index (χ1n) is 10.3. The van der Waals surface area contributed by atoms with Crippen LogP contribution in [0.15, 0.2) is 47.4 Å². The fourth-order valence-electron chi connectivity index (χ4n) is 3.56. The molecule has 162 valence electrons. The van der Waals surface area contributed by atoms with Crippen LogP contribution in [0.5, 0.6) is 0 Å². The molecule has 0 saturated carbocycles. The lowest BCUT2D eigenvalue weighted by molar-refractivity contribution is -0.114. The van der Waals surface area contributed by atoms with E-state index < -0.39 is 21.7 Å². The van der Waals surface area contributed by atoms with Crippen molar-refractivity contribution in [3.8, 4) is 0 Å². The number of carbonyl (C=O) groups is 1. The molecule has 1 fully saturated rings. The van der Waals surface area contributed by atoms with Crippen molar-refractivity contribution >= 4 is 27.3 Å². The summed E-state index contributed by atoms with van der Waals surface area (Å²) >= 11 is 0. The predicted octanol–water partition coefficient (Wildman–Crippen LogP) is 3.69. The van der Waals surface area contributed by atoms with E-state index in [1.54, 1.807) is 0 Å². The van der Waals surface area contributed by atoms with Gasteiger partial charge in [0.1, 0.15) is 5.82 Å². The summed E-state index contributed by atoms with van der Waals surface area (Å²) in [6.45, 7) is 3.72. The molecule has 1 aliphatic rings. The molecule has 0 unspecified atom stereocenters. The summed E-state index contributed by atoms with van der Waals surface area (Å²) in [6.07, 6.45) is 5.16. The Balaban J connectivity index is 1.49. The summed E-state index contributed by atoms with van der Waals surface area (Å²) in [5.41, 5.74) is 2.35. The Labute approximate surface area is 177 Å². The number of benzene rings is 2. The molecular formula is C22H28FN3O3S. The second kappa shape index (κ2) is 10.0. The van der Waals surface area contributed by atoms with Gasteiger partial charge in [-0.3, -0.25) is 4.79 Å². The molecule has 1 saturated heterocycles. The van der Waals surface area contributed by atoms with Crippen molar-refractivity contribution in [2.24, 2.45) is 0 Å². The molecule has 2 aromatic carbocycles. The Morgan fingerprint density at radius 2 is 1.77 bits per heavy atom. The number of carbonyl (C=O) groups excluding carboxylic acids is 1. The van der Waals surface area contributed by atoms with E-state index in [0.29, 0.717) is 6.42 Å². The quantitative estimate of drug-likeness (QED) is 0.623. The maximum atomic E-state index is 14.0. The molecular weight excluding hydrogens is 405 g/mol. The highest BCUT2D eigenvalue weighted by Gasteiger charge is 2.16. The van der Waals surface area contributed by atoms with E-state index in [1.165, 1.54) is 44.0 Å². The van der Waals surface area contributed by atoms with Gasteiger partial charge in [-0.15, -0.1) is 0 Å². The molecule has 1 heterocycles. The Morgan fingerprint density at radius 3 is 2.40 bits per heavy atom. The average molecular weight is 434 g/mol. The highest BCUT2D eigenvalue weighted by atomic mass is 32.2. The summed E-state index contributed by atoms with van der Waals surface area (Å²) in [5, 5.41) is 2.31. The Hall–Kier alpha value is -2.45. The van der Waals surface area contributed by atoms with Crippen LogP contribution in [0.3, 0.4) is 0 Å². The zero-order valence-corrected chi connectivity index (χ0v) is 18.0. The van der Waals surface area contributed by atoms with Crippen molar-refractivity contribution in [2.45, 2.75) is 43.9 Å². The minimum absolute atomic E-state index is 0.0468. The molecule has 0 aromatic heterocycles. The van der Waals surface area contributed by atoms with Crippen LogP contribution in [0, 0.1) is 5.82 Å². The first-order chi connectivity index (χ1) is 14.3. The second-order valence-electron chi connectivity index (χ2n) is 7.54. The maximum Gasteiger partial charge on any atom is 0.240 e. The number of sulfonamides is 1. The van der Waals surface area contributed by atoms with Gasteiger partial charge in [0.15, 0.2) is 0 Å². The molecule has 3 rings (SSSR count). The Bertz CT molecular complexity index is 972. The minimum atomic E-state index is -3.81. The van der Waals surface area contributed by atoms with Crippen LogP contribution in [0.1, 0.15) is 38.2 Å². The van der Waals surface area contributed by atoms with Gasteiger partial charge in [0.2, 0.25) is 15.9 Å². The minimum Gasteiger partial charge on any atom is -0.372 e. The third kappa shape index (κ3) is 6.03. The summed E-state index contributed by atoms with van der Waals surface area (Å²) in [4.78, 5) is 13.3. The predicted molar refractivity (Wildman–Crippen MR) is 117 cm³/mol. The van der Waals surface area contributed by atoms with Crippen molar-refractivity contribution in [1.82, 2.24) is 4.72 Å². The van der Waals surface area contributed by atoms with Crippen LogP contribution in [-0.2, 0) is 21.2 Å². The van der Waals surface area contributed by atoms with Crippen molar-refractivity contribution in [1.29, 1.82) is 0 Å². The van der Waals surface area contributed by atoms with Crippen LogP contribution < -0.4 is 14.9 Å². The lowest BCUT2D eigenvalue weighted by atomic mass is 10.1. The number of nitrogens with one attached hydrogen (secondary N) is 2. The SMILES string of the molecule is CC(=O)Nc1ccc(S(=O)(=O)NCCCc2ccc(N3CCCCC3)cc2)cc1F. The van der Waals surface area contributed by atoms with E-state index in [9.17, 15) is 17.6 Å². The number of piperidine rings is 1. The molecule has 0 bridgehead atoms. The Morgan fingerprint density at radius 1 is 1.07 bits per heavy atom. The van der Waals surface area contributed by atoms with Crippen LogP contribution >= 0.6 is 0 Å². The third-order valence-electron chi connectivity index (χ3n) is 5.15. The van der Waals surface area contributed by atoms with Gasteiger partial charge in [-0.25, -0.2) is 17.5 Å². The third-order valence-corrected chi connectivity index (χ3v) is 6.61. The van der Waals surface area contributed by atoms with Crippen LogP contribution in [0.2, 0.25) is 0 Å². The maximum absolute atomic E-state index is 14.0. The number of rotatable bonds is 8. The fraction of sp³-hybridized carbons (Fsp3) is 0.409. The van der Waals surface area contributed by atoms with Gasteiger partial charge in [0.25, 0.3) is 0 Å². The number of amides is 1. The number of hydrogen-bond acceptors (Lipinski definition) is 4. The molecule has 6 nitrogen and oxygen atoms in total. The van der Waals surface area contributed by atoms with E-state index in [2.05, 4.69) is 39.2 Å². The summed E-state index contributed by atoms with van der Waals surface area (Å²) in [7, 11) is -3.81. The normalized spacial score (nSPS) is 14.5.